The number of nitrogens with two attached hydrogens (primary N) is 1. The number of hydrogen-bond donors (Lipinski definition) is 2. The van der Waals surface area contributed by atoms with Gasteiger partial charge in [0.1, 0.15) is 0 Å². The van der Waals surface area contributed by atoms with Gasteiger partial charge in [-0.3, -0.25) is 0 Å². The normalized spacial score (nSPS) is 9.83. The van der Waals surface area contributed by atoms with Crippen molar-refractivity contribution in [2.45, 2.75) is 13.8 Å². The Morgan fingerprint density at radius 3 is 2.61 bits per heavy atom. The first-order valence-corrected chi connectivity index (χ1v) is 5.74. The molecule has 0 aliphatic carbocycles. The third kappa shape index (κ3) is 2.28. The summed E-state index contributed by atoms with van der Waals surface area (Å²) in [5, 5.41) is 12.2. The van der Waals surface area contributed by atoms with Crippen molar-refractivity contribution < 1.29 is 0 Å². The van der Waals surface area contributed by atoms with Gasteiger partial charge in [0.05, 0.1) is 11.6 Å². The lowest BCUT2D eigenvalue weighted by atomic mass is 10.1. The van der Waals surface area contributed by atoms with Crippen molar-refractivity contribution in [2.24, 2.45) is 0 Å². The van der Waals surface area contributed by atoms with Crippen LogP contribution < -0.4 is 11.1 Å². The third-order valence-corrected chi connectivity index (χ3v) is 3.01. The maximum absolute atomic E-state index is 8.92. The van der Waals surface area contributed by atoms with Crippen molar-refractivity contribution in [3.63, 3.8) is 0 Å². The zero-order chi connectivity index (χ0) is 13.1. The monoisotopic (exact) mass is 237 g/mol. The minimum absolute atomic E-state index is 0.643. The van der Waals surface area contributed by atoms with Gasteiger partial charge < -0.3 is 11.1 Å². The molecule has 0 saturated carbocycles. The van der Waals surface area contributed by atoms with Crippen LogP contribution in [0.5, 0.6) is 0 Å². The van der Waals surface area contributed by atoms with Gasteiger partial charge in [0.25, 0.3) is 0 Å². The molecule has 3 heteroatoms. The van der Waals surface area contributed by atoms with Gasteiger partial charge in [-0.05, 0) is 49.2 Å². The van der Waals surface area contributed by atoms with E-state index in [4.69, 9.17) is 11.0 Å². The topological polar surface area (TPSA) is 61.8 Å². The Kier molecular flexibility index (Phi) is 3.20. The zero-order valence-electron chi connectivity index (χ0n) is 10.5. The Labute approximate surface area is 107 Å². The number of nitrogens with zero attached hydrogens (tertiary/aromatic N) is 1. The molecular weight excluding hydrogens is 222 g/mol. The van der Waals surface area contributed by atoms with E-state index in [0.717, 1.165) is 28.2 Å². The van der Waals surface area contributed by atoms with Gasteiger partial charge >= 0.3 is 0 Å². The van der Waals surface area contributed by atoms with Crippen molar-refractivity contribution in [3.05, 3.63) is 53.1 Å². The maximum Gasteiger partial charge on any atom is 0.0992 e. The van der Waals surface area contributed by atoms with Gasteiger partial charge in [0, 0.05) is 17.1 Å². The number of anilines is 3. The number of aryl methyl sites for hydroxylation is 1. The van der Waals surface area contributed by atoms with E-state index in [1.165, 1.54) is 0 Å². The summed E-state index contributed by atoms with van der Waals surface area (Å²) in [5.74, 6) is 0. The molecule has 2 aromatic carbocycles. The zero-order valence-corrected chi connectivity index (χ0v) is 10.5. The summed E-state index contributed by atoms with van der Waals surface area (Å²) in [5.41, 5.74) is 11.3. The minimum Gasteiger partial charge on any atom is -0.398 e. The molecule has 0 bridgehead atoms. The number of nitriles is 1. The minimum atomic E-state index is 0.643. The van der Waals surface area contributed by atoms with E-state index in [1.54, 1.807) is 0 Å². The van der Waals surface area contributed by atoms with E-state index in [0.29, 0.717) is 5.56 Å². The number of nitrogen functional groups attached to an aromatic ring is 1. The van der Waals surface area contributed by atoms with Gasteiger partial charge in [-0.25, -0.2) is 0 Å². The standard InChI is InChI=1S/C15H15N3/c1-10-6-7-12(9-16)8-15(10)18-14-5-3-4-13(17)11(14)2/h3-8,18H,17H2,1-2H3. The third-order valence-electron chi connectivity index (χ3n) is 3.01. The predicted molar refractivity (Wildman–Crippen MR) is 74.8 cm³/mol. The highest BCUT2D eigenvalue weighted by Crippen LogP contribution is 2.26. The van der Waals surface area contributed by atoms with Crippen LogP contribution in [-0.2, 0) is 0 Å². The van der Waals surface area contributed by atoms with Crippen LogP contribution in [0, 0.1) is 25.2 Å². The fraction of sp³-hybridized carbons (Fsp3) is 0.133. The van der Waals surface area contributed by atoms with Crippen LogP contribution in [0.15, 0.2) is 36.4 Å². The first-order chi connectivity index (χ1) is 8.61. The molecule has 0 aromatic heterocycles. The highest BCUT2D eigenvalue weighted by atomic mass is 14.9. The van der Waals surface area contributed by atoms with Crippen molar-refractivity contribution in [3.8, 4) is 6.07 Å². The van der Waals surface area contributed by atoms with Crippen LogP contribution in [-0.4, -0.2) is 0 Å². The molecule has 0 unspecified atom stereocenters. The van der Waals surface area contributed by atoms with E-state index in [9.17, 15) is 0 Å². The molecule has 0 amide bonds. The van der Waals surface area contributed by atoms with Gasteiger partial charge in [0.2, 0.25) is 0 Å². The number of hydrogen-bond acceptors (Lipinski definition) is 3. The summed E-state index contributed by atoms with van der Waals surface area (Å²) in [7, 11) is 0. The molecule has 0 atom stereocenters. The number of nitrogens with one attached hydrogen (secondary N) is 1. The van der Waals surface area contributed by atoms with Crippen LogP contribution in [0.4, 0.5) is 17.1 Å². The van der Waals surface area contributed by atoms with E-state index in [-0.39, 0.29) is 0 Å². The van der Waals surface area contributed by atoms with E-state index >= 15 is 0 Å². The smallest absolute Gasteiger partial charge is 0.0992 e. The molecule has 3 nitrogen and oxygen atoms in total. The molecule has 0 spiro atoms. The molecule has 0 aliphatic rings. The van der Waals surface area contributed by atoms with Crippen LogP contribution in [0.2, 0.25) is 0 Å². The Hall–Kier alpha value is -2.47. The summed E-state index contributed by atoms with van der Waals surface area (Å²) >= 11 is 0. The van der Waals surface area contributed by atoms with Gasteiger partial charge in [0.15, 0.2) is 0 Å². The first kappa shape index (κ1) is 12.0. The molecule has 0 saturated heterocycles. The molecule has 90 valence electrons. The van der Waals surface area contributed by atoms with Crippen LogP contribution in [0.3, 0.4) is 0 Å². The summed E-state index contributed by atoms with van der Waals surface area (Å²) in [4.78, 5) is 0. The Bertz CT molecular complexity index is 624. The molecule has 18 heavy (non-hydrogen) atoms. The molecule has 3 N–H and O–H groups in total. The van der Waals surface area contributed by atoms with E-state index < -0.39 is 0 Å². The molecule has 0 fully saturated rings. The highest BCUT2D eigenvalue weighted by molar-refractivity contribution is 5.71. The SMILES string of the molecule is Cc1ccc(C#N)cc1Nc1cccc(N)c1C. The van der Waals surface area contributed by atoms with Gasteiger partial charge in [-0.1, -0.05) is 12.1 Å². The van der Waals surface area contributed by atoms with Crippen LogP contribution in [0.25, 0.3) is 0 Å². The molecule has 2 rings (SSSR count). The van der Waals surface area contributed by atoms with E-state index in [2.05, 4.69) is 11.4 Å². The average molecular weight is 237 g/mol. The summed E-state index contributed by atoms with van der Waals surface area (Å²) in [6.45, 7) is 3.98. The maximum atomic E-state index is 8.92. The quantitative estimate of drug-likeness (QED) is 0.786. The first-order valence-electron chi connectivity index (χ1n) is 5.74. The Morgan fingerprint density at radius 2 is 1.89 bits per heavy atom. The lowest BCUT2D eigenvalue weighted by Gasteiger charge is -2.13. The van der Waals surface area contributed by atoms with Crippen molar-refractivity contribution >= 4 is 17.1 Å². The lowest BCUT2D eigenvalue weighted by Crippen LogP contribution is -1.98. The predicted octanol–water partition coefficient (Wildman–Crippen LogP) is 3.50. The van der Waals surface area contributed by atoms with Crippen molar-refractivity contribution in [2.75, 3.05) is 11.1 Å². The summed E-state index contributed by atoms with van der Waals surface area (Å²) in [6.07, 6.45) is 0. The largest absolute Gasteiger partial charge is 0.398 e. The van der Waals surface area contributed by atoms with E-state index in [1.807, 2.05) is 50.2 Å². The fourth-order valence-corrected chi connectivity index (χ4v) is 1.76. The molecule has 2 aromatic rings. The van der Waals surface area contributed by atoms with Crippen LogP contribution in [0.1, 0.15) is 16.7 Å². The number of benzene rings is 2. The Morgan fingerprint density at radius 1 is 1.11 bits per heavy atom. The Balaban J connectivity index is 2.40. The molecular formula is C15H15N3. The average Bonchev–Trinajstić information content (AvgIpc) is 2.37. The second kappa shape index (κ2) is 4.80. The highest BCUT2D eigenvalue weighted by Gasteiger charge is 2.04. The molecule has 0 heterocycles. The second-order valence-corrected chi connectivity index (χ2v) is 4.29. The molecule has 0 radical (unpaired) electrons. The van der Waals surface area contributed by atoms with Crippen molar-refractivity contribution in [1.82, 2.24) is 0 Å². The van der Waals surface area contributed by atoms with Gasteiger partial charge in [-0.15, -0.1) is 0 Å². The van der Waals surface area contributed by atoms with Crippen molar-refractivity contribution in [1.29, 1.82) is 5.26 Å². The second-order valence-electron chi connectivity index (χ2n) is 4.29. The summed E-state index contributed by atoms with van der Waals surface area (Å²) < 4.78 is 0. The van der Waals surface area contributed by atoms with Gasteiger partial charge in [-0.2, -0.15) is 5.26 Å². The lowest BCUT2D eigenvalue weighted by molar-refractivity contribution is 1.38. The molecule has 0 aliphatic heterocycles. The number of rotatable bonds is 2. The summed E-state index contributed by atoms with van der Waals surface area (Å²) in [6, 6.07) is 13.5. The van der Waals surface area contributed by atoms with Crippen LogP contribution >= 0.6 is 0 Å². The fourth-order valence-electron chi connectivity index (χ4n) is 1.76.